The van der Waals surface area contributed by atoms with Crippen molar-refractivity contribution in [2.24, 2.45) is 40.4 Å². The molecule has 5 rings (SSSR count). The number of nitriles is 1. The number of hydrogen-bond donors (Lipinski definition) is 1. The number of carbonyl (C=O) groups excluding carboxylic acids is 1. The predicted molar refractivity (Wildman–Crippen MR) is 127 cm³/mol. The van der Waals surface area contributed by atoms with Crippen LogP contribution in [0.4, 0.5) is 0 Å². The van der Waals surface area contributed by atoms with Gasteiger partial charge in [0.05, 0.1) is 23.9 Å². The molecule has 4 saturated carbocycles. The van der Waals surface area contributed by atoms with Gasteiger partial charge in [0.15, 0.2) is 5.78 Å². The molecule has 0 bridgehead atoms. The average molecular weight is 452 g/mol. The van der Waals surface area contributed by atoms with Gasteiger partial charge in [-0.15, -0.1) is 0 Å². The largest absolute Gasteiger partial charge is 0.390 e. The Kier molecular flexibility index (Phi) is 5.75. The summed E-state index contributed by atoms with van der Waals surface area (Å²) >= 11 is 0. The first kappa shape index (κ1) is 23.1. The number of carbonyl (C=O) groups is 1. The lowest BCUT2D eigenvalue weighted by atomic mass is 9.42. The van der Waals surface area contributed by atoms with Gasteiger partial charge in [0.1, 0.15) is 6.07 Å². The van der Waals surface area contributed by atoms with Gasteiger partial charge in [-0.05, 0) is 106 Å². The highest BCUT2D eigenvalue weighted by atomic mass is 16.3. The molecule has 1 heterocycles. The van der Waals surface area contributed by atoms with Gasteiger partial charge in [-0.2, -0.15) is 10.4 Å². The molecule has 33 heavy (non-hydrogen) atoms. The van der Waals surface area contributed by atoms with Crippen molar-refractivity contribution >= 4 is 5.78 Å². The molecule has 1 aromatic heterocycles. The highest BCUT2D eigenvalue weighted by molar-refractivity contribution is 5.81. The molecule has 1 N–H and O–H groups in total. The molecule has 0 radical (unpaired) electrons. The Labute approximate surface area is 198 Å². The van der Waals surface area contributed by atoms with Crippen LogP contribution >= 0.6 is 0 Å². The summed E-state index contributed by atoms with van der Waals surface area (Å²) in [5.41, 5.74) is 0.439. The summed E-state index contributed by atoms with van der Waals surface area (Å²) in [5, 5.41) is 24.1. The summed E-state index contributed by atoms with van der Waals surface area (Å²) in [5.74, 6) is 3.24. The maximum Gasteiger partial charge on any atom is 0.157 e. The van der Waals surface area contributed by atoms with E-state index in [-0.39, 0.29) is 17.9 Å². The minimum absolute atomic E-state index is 0.0845. The van der Waals surface area contributed by atoms with Crippen LogP contribution in [0.25, 0.3) is 0 Å². The topological polar surface area (TPSA) is 78.9 Å². The van der Waals surface area contributed by atoms with Crippen molar-refractivity contribution < 1.29 is 9.90 Å². The van der Waals surface area contributed by atoms with E-state index in [1.54, 1.807) is 17.1 Å². The van der Waals surface area contributed by atoms with Crippen molar-refractivity contribution in [1.82, 2.24) is 9.78 Å². The second kappa shape index (κ2) is 8.22. The lowest BCUT2D eigenvalue weighted by Gasteiger charge is -2.62. The Balaban J connectivity index is 1.37. The van der Waals surface area contributed by atoms with Crippen molar-refractivity contribution in [3.63, 3.8) is 0 Å². The highest BCUT2D eigenvalue weighted by Crippen LogP contribution is 2.66. The summed E-state index contributed by atoms with van der Waals surface area (Å²) in [6.07, 6.45) is 15.8. The molecule has 0 saturated heterocycles. The fourth-order valence-corrected chi connectivity index (χ4v) is 9.05. The average Bonchev–Trinajstić information content (AvgIpc) is 3.19. The maximum atomic E-state index is 13.5. The minimum Gasteiger partial charge on any atom is -0.390 e. The smallest absolute Gasteiger partial charge is 0.157 e. The molecule has 4 aliphatic rings. The molecule has 0 amide bonds. The lowest BCUT2D eigenvalue weighted by Crippen LogP contribution is -2.56. The first-order valence-corrected chi connectivity index (χ1v) is 13.3. The van der Waals surface area contributed by atoms with Crippen LogP contribution < -0.4 is 0 Å². The van der Waals surface area contributed by atoms with E-state index in [2.05, 4.69) is 25.0 Å². The number of nitrogens with zero attached hydrogens (tertiary/aromatic N) is 3. The molecule has 0 unspecified atom stereocenters. The van der Waals surface area contributed by atoms with E-state index >= 15 is 0 Å². The van der Waals surface area contributed by atoms with Crippen molar-refractivity contribution in [2.45, 2.75) is 104 Å². The van der Waals surface area contributed by atoms with E-state index in [1.807, 2.05) is 6.92 Å². The molecule has 0 aromatic carbocycles. The quantitative estimate of drug-likeness (QED) is 0.657. The van der Waals surface area contributed by atoms with E-state index in [0.717, 1.165) is 56.3 Å². The fraction of sp³-hybridized carbons (Fsp3) is 0.821. The molecule has 4 fully saturated rings. The molecule has 0 aliphatic heterocycles. The standard InChI is InChI=1S/C28H41N3O2/c1-26(33)11-9-20-7-8-21-22-5-4-6-24(25(32)18-31-17-19(15-29)16-30-31)28(22,3)12-10-23(21)27(20,2)14-13-26/h16-17,20-24,33H,4-14,18H2,1-3H3/t20-,21-,22-,23-,24+,26-,27-,28-/m0/s1. The summed E-state index contributed by atoms with van der Waals surface area (Å²) in [7, 11) is 0. The van der Waals surface area contributed by atoms with Crippen molar-refractivity contribution in [3.05, 3.63) is 18.0 Å². The number of Topliss-reactive ketones (excluding diaryl/α,β-unsaturated/α-hetero) is 1. The number of fused-ring (bicyclic) bond motifs is 5. The van der Waals surface area contributed by atoms with Crippen LogP contribution in [0.5, 0.6) is 0 Å². The van der Waals surface area contributed by atoms with E-state index in [4.69, 9.17) is 5.26 Å². The van der Waals surface area contributed by atoms with Gasteiger partial charge >= 0.3 is 0 Å². The van der Waals surface area contributed by atoms with Gasteiger partial charge in [-0.25, -0.2) is 0 Å². The van der Waals surface area contributed by atoms with Crippen LogP contribution in [0, 0.1) is 51.8 Å². The molecule has 4 aliphatic carbocycles. The third-order valence-electron chi connectivity index (χ3n) is 11.0. The molecule has 5 nitrogen and oxygen atoms in total. The zero-order chi connectivity index (χ0) is 23.4. The Hall–Kier alpha value is -1.67. The van der Waals surface area contributed by atoms with Crippen molar-refractivity contribution in [1.29, 1.82) is 5.26 Å². The normalized spacial score (nSPS) is 45.1. The van der Waals surface area contributed by atoms with Gasteiger partial charge in [0.25, 0.3) is 0 Å². The molecule has 8 atom stereocenters. The first-order valence-electron chi connectivity index (χ1n) is 13.3. The molecular weight excluding hydrogens is 410 g/mol. The van der Waals surface area contributed by atoms with E-state index in [0.29, 0.717) is 22.7 Å². The second-order valence-electron chi connectivity index (χ2n) is 12.7. The van der Waals surface area contributed by atoms with Gasteiger partial charge in [-0.1, -0.05) is 20.3 Å². The third-order valence-corrected chi connectivity index (χ3v) is 11.0. The second-order valence-corrected chi connectivity index (χ2v) is 12.7. The predicted octanol–water partition coefficient (Wildman–Crippen LogP) is 5.51. The molecule has 1 aromatic rings. The van der Waals surface area contributed by atoms with Gasteiger partial charge < -0.3 is 5.11 Å². The van der Waals surface area contributed by atoms with Crippen LogP contribution in [0.1, 0.15) is 97.0 Å². The number of hydrogen-bond acceptors (Lipinski definition) is 4. The lowest BCUT2D eigenvalue weighted by molar-refractivity contribution is -0.152. The zero-order valence-electron chi connectivity index (χ0n) is 20.7. The number of aliphatic hydroxyl groups is 1. The van der Waals surface area contributed by atoms with Crippen LogP contribution in [0.15, 0.2) is 12.4 Å². The highest BCUT2D eigenvalue weighted by Gasteiger charge is 2.59. The SMILES string of the molecule is C[C@]1(O)CC[C@@H]2CC[C@@H]3[C@H](CC[C@]4(C)[C@@H](C(=O)Cn5cc(C#N)cn5)CCC[C@@H]34)[C@@]2(C)CC1. The van der Waals surface area contributed by atoms with Gasteiger partial charge in [0, 0.05) is 12.1 Å². The van der Waals surface area contributed by atoms with E-state index < -0.39 is 5.60 Å². The Morgan fingerprint density at radius 1 is 1.06 bits per heavy atom. The number of ketones is 1. The van der Waals surface area contributed by atoms with Crippen LogP contribution in [0.2, 0.25) is 0 Å². The third kappa shape index (κ3) is 3.87. The van der Waals surface area contributed by atoms with Crippen LogP contribution in [0.3, 0.4) is 0 Å². The van der Waals surface area contributed by atoms with Gasteiger partial charge in [0.2, 0.25) is 0 Å². The number of rotatable bonds is 3. The Morgan fingerprint density at radius 2 is 1.85 bits per heavy atom. The molecular formula is C28H41N3O2. The van der Waals surface area contributed by atoms with E-state index in [1.165, 1.54) is 32.1 Å². The summed E-state index contributed by atoms with van der Waals surface area (Å²) in [4.78, 5) is 13.5. The monoisotopic (exact) mass is 451 g/mol. The summed E-state index contributed by atoms with van der Waals surface area (Å²) in [6.45, 7) is 7.30. The number of aromatic nitrogens is 2. The summed E-state index contributed by atoms with van der Waals surface area (Å²) in [6, 6.07) is 2.11. The Morgan fingerprint density at radius 3 is 2.61 bits per heavy atom. The molecule has 180 valence electrons. The maximum absolute atomic E-state index is 13.5. The van der Waals surface area contributed by atoms with Crippen molar-refractivity contribution in [3.8, 4) is 6.07 Å². The Bertz CT molecular complexity index is 945. The minimum atomic E-state index is -0.501. The van der Waals surface area contributed by atoms with Gasteiger partial charge in [-0.3, -0.25) is 9.48 Å². The van der Waals surface area contributed by atoms with Crippen molar-refractivity contribution in [2.75, 3.05) is 0 Å². The van der Waals surface area contributed by atoms with Crippen LogP contribution in [-0.4, -0.2) is 26.3 Å². The first-order chi connectivity index (χ1) is 15.7. The molecule has 5 heteroatoms. The molecule has 0 spiro atoms. The summed E-state index contributed by atoms with van der Waals surface area (Å²) < 4.78 is 1.66. The van der Waals surface area contributed by atoms with Crippen LogP contribution in [-0.2, 0) is 11.3 Å². The zero-order valence-corrected chi connectivity index (χ0v) is 20.7. The fourth-order valence-electron chi connectivity index (χ4n) is 9.05. The van der Waals surface area contributed by atoms with E-state index in [9.17, 15) is 9.90 Å².